The van der Waals surface area contributed by atoms with Crippen LogP contribution < -0.4 is 4.74 Å². The van der Waals surface area contributed by atoms with Gasteiger partial charge in [-0.15, -0.1) is 0 Å². The summed E-state index contributed by atoms with van der Waals surface area (Å²) in [6.07, 6.45) is 0. The minimum atomic E-state index is 0.0406. The van der Waals surface area contributed by atoms with Crippen LogP contribution in [0.2, 0.25) is 0 Å². The van der Waals surface area contributed by atoms with E-state index in [4.69, 9.17) is 14.8 Å². The minimum absolute atomic E-state index is 0.0406. The molecule has 0 aliphatic carbocycles. The maximum Gasteiger partial charge on any atom is 0.160 e. The first-order valence-corrected chi connectivity index (χ1v) is 9.65. The number of hydrogen-bond acceptors (Lipinski definition) is 5. The van der Waals surface area contributed by atoms with Crippen LogP contribution in [0.15, 0.2) is 53.5 Å². The van der Waals surface area contributed by atoms with Crippen LogP contribution in [0.5, 0.6) is 11.5 Å². The van der Waals surface area contributed by atoms with Gasteiger partial charge in [0.1, 0.15) is 0 Å². The summed E-state index contributed by atoms with van der Waals surface area (Å²) < 4.78 is 7.15. The summed E-state index contributed by atoms with van der Waals surface area (Å²) in [5, 5.41) is 16.0. The average molecular weight is 379 g/mol. The van der Waals surface area contributed by atoms with Gasteiger partial charge in [-0.1, -0.05) is 48.2 Å². The third-order valence-electron chi connectivity index (χ3n) is 4.64. The molecular weight excluding hydrogens is 358 g/mol. The van der Waals surface area contributed by atoms with Gasteiger partial charge in [-0.2, -0.15) is 5.10 Å². The van der Waals surface area contributed by atoms with Crippen LogP contribution in [0, 0.1) is 6.92 Å². The lowest BCUT2D eigenvalue weighted by molar-refractivity contribution is 0.373. The number of rotatable bonds is 4. The Labute approximate surface area is 162 Å². The summed E-state index contributed by atoms with van der Waals surface area (Å²) in [5.41, 5.74) is 4.26. The van der Waals surface area contributed by atoms with Crippen molar-refractivity contribution in [1.82, 2.24) is 9.78 Å². The van der Waals surface area contributed by atoms with E-state index >= 15 is 0 Å². The first-order chi connectivity index (χ1) is 13.1. The van der Waals surface area contributed by atoms with Gasteiger partial charge in [-0.05, 0) is 37.1 Å². The fraction of sp³-hybridized carbons (Fsp3) is 0.238. The maximum absolute atomic E-state index is 10.2. The van der Waals surface area contributed by atoms with Crippen molar-refractivity contribution < 1.29 is 9.84 Å². The maximum atomic E-state index is 10.2. The summed E-state index contributed by atoms with van der Waals surface area (Å²) in [7, 11) is 1.55. The molecule has 5 nitrogen and oxygen atoms in total. The molecule has 1 aliphatic rings. The van der Waals surface area contributed by atoms with E-state index in [1.807, 2.05) is 42.8 Å². The minimum Gasteiger partial charge on any atom is -0.504 e. The smallest absolute Gasteiger partial charge is 0.160 e. The van der Waals surface area contributed by atoms with E-state index in [-0.39, 0.29) is 11.0 Å². The van der Waals surface area contributed by atoms with Crippen LogP contribution >= 0.6 is 11.8 Å². The Bertz CT molecular complexity index is 1010. The summed E-state index contributed by atoms with van der Waals surface area (Å²) in [6, 6.07) is 15.8. The van der Waals surface area contributed by atoms with Crippen molar-refractivity contribution in [3.8, 4) is 11.5 Å². The number of benzene rings is 2. The number of aromatic nitrogens is 2. The number of methoxy groups -OCH3 is 1. The fourth-order valence-electron chi connectivity index (χ4n) is 3.38. The van der Waals surface area contributed by atoms with Crippen LogP contribution in [-0.2, 0) is 6.54 Å². The molecule has 2 aromatic carbocycles. The Hall–Kier alpha value is -2.73. The van der Waals surface area contributed by atoms with E-state index in [0.29, 0.717) is 12.3 Å². The summed E-state index contributed by atoms with van der Waals surface area (Å²) in [4.78, 5) is 4.79. The number of aryl methyl sites for hydroxylation is 1. The zero-order chi connectivity index (χ0) is 19.0. The molecule has 2 heterocycles. The van der Waals surface area contributed by atoms with Gasteiger partial charge >= 0.3 is 0 Å². The van der Waals surface area contributed by atoms with Gasteiger partial charge in [0.25, 0.3) is 0 Å². The molecule has 138 valence electrons. The fourth-order valence-corrected chi connectivity index (χ4v) is 4.54. The predicted molar refractivity (Wildman–Crippen MR) is 109 cm³/mol. The molecule has 6 heteroatoms. The Morgan fingerprint density at radius 3 is 2.63 bits per heavy atom. The molecule has 0 radical (unpaired) electrons. The molecule has 1 aromatic heterocycles. The van der Waals surface area contributed by atoms with Crippen LogP contribution in [-0.4, -0.2) is 27.0 Å². The van der Waals surface area contributed by atoms with Crippen molar-refractivity contribution in [2.24, 2.45) is 4.99 Å². The molecule has 0 unspecified atom stereocenters. The first kappa shape index (κ1) is 17.7. The Kier molecular flexibility index (Phi) is 4.66. The topological polar surface area (TPSA) is 59.6 Å². The molecule has 0 saturated heterocycles. The van der Waals surface area contributed by atoms with Gasteiger partial charge in [0.2, 0.25) is 0 Å². The van der Waals surface area contributed by atoms with Crippen LogP contribution in [0.3, 0.4) is 0 Å². The van der Waals surface area contributed by atoms with Crippen molar-refractivity contribution in [3.05, 3.63) is 70.9 Å². The standard InChI is InChI=1S/C21H21N3O2S/c1-13-19-20(16-9-10-18(26-3)17(25)11-16)27-14(2)22-21(19)24(23-13)12-15-7-5-4-6-8-15/h4-11,20,25H,12H2,1-3H3/t20-/m0/s1. The average Bonchev–Trinajstić information content (AvgIpc) is 2.97. The Morgan fingerprint density at radius 2 is 1.93 bits per heavy atom. The zero-order valence-corrected chi connectivity index (χ0v) is 16.3. The highest BCUT2D eigenvalue weighted by molar-refractivity contribution is 8.14. The van der Waals surface area contributed by atoms with Gasteiger partial charge in [0, 0.05) is 5.56 Å². The van der Waals surface area contributed by atoms with E-state index in [9.17, 15) is 5.11 Å². The lowest BCUT2D eigenvalue weighted by atomic mass is 10.0. The number of aromatic hydroxyl groups is 1. The Morgan fingerprint density at radius 1 is 1.15 bits per heavy atom. The lowest BCUT2D eigenvalue weighted by Gasteiger charge is -2.22. The highest BCUT2D eigenvalue weighted by atomic mass is 32.2. The summed E-state index contributed by atoms with van der Waals surface area (Å²) in [5.74, 6) is 1.52. The second kappa shape index (κ2) is 7.12. The van der Waals surface area contributed by atoms with Crippen molar-refractivity contribution in [3.63, 3.8) is 0 Å². The molecule has 1 atom stereocenters. The SMILES string of the molecule is COc1ccc([C@@H]2SC(C)=Nc3c2c(C)nn3Cc2ccccc2)cc1O. The van der Waals surface area contributed by atoms with Crippen molar-refractivity contribution in [1.29, 1.82) is 0 Å². The second-order valence-corrected chi connectivity index (χ2v) is 7.82. The Balaban J connectivity index is 1.77. The molecule has 0 amide bonds. The highest BCUT2D eigenvalue weighted by Gasteiger charge is 2.30. The first-order valence-electron chi connectivity index (χ1n) is 8.77. The number of hydrogen-bond donors (Lipinski definition) is 1. The number of ether oxygens (including phenoxy) is 1. The predicted octanol–water partition coefficient (Wildman–Crippen LogP) is 4.84. The number of nitrogens with zero attached hydrogens (tertiary/aromatic N) is 3. The molecule has 0 bridgehead atoms. The molecular formula is C21H21N3O2S. The molecule has 4 rings (SSSR count). The molecule has 3 aromatic rings. The summed E-state index contributed by atoms with van der Waals surface area (Å²) in [6.45, 7) is 4.71. The van der Waals surface area contributed by atoms with E-state index in [1.165, 1.54) is 5.56 Å². The third-order valence-corrected chi connectivity index (χ3v) is 5.82. The number of aliphatic imine (C=N–C) groups is 1. The zero-order valence-electron chi connectivity index (χ0n) is 15.5. The number of phenolic OH excluding ortho intramolecular Hbond substituents is 1. The summed E-state index contributed by atoms with van der Waals surface area (Å²) >= 11 is 1.68. The van der Waals surface area contributed by atoms with Crippen molar-refractivity contribution in [2.75, 3.05) is 7.11 Å². The van der Waals surface area contributed by atoms with Crippen molar-refractivity contribution in [2.45, 2.75) is 25.6 Å². The van der Waals surface area contributed by atoms with Gasteiger partial charge in [0.05, 0.1) is 29.6 Å². The molecule has 0 fully saturated rings. The van der Waals surface area contributed by atoms with Gasteiger partial charge in [-0.25, -0.2) is 9.67 Å². The van der Waals surface area contributed by atoms with Crippen LogP contribution in [0.25, 0.3) is 0 Å². The van der Waals surface area contributed by atoms with Crippen LogP contribution in [0.1, 0.15) is 34.6 Å². The van der Waals surface area contributed by atoms with Gasteiger partial charge in [0.15, 0.2) is 17.3 Å². The molecule has 27 heavy (non-hydrogen) atoms. The van der Waals surface area contributed by atoms with E-state index in [0.717, 1.165) is 27.7 Å². The normalized spacial score (nSPS) is 16.0. The van der Waals surface area contributed by atoms with Gasteiger partial charge in [-0.3, -0.25) is 0 Å². The van der Waals surface area contributed by atoms with E-state index < -0.39 is 0 Å². The van der Waals surface area contributed by atoms with E-state index in [2.05, 4.69) is 12.1 Å². The molecule has 1 aliphatic heterocycles. The molecule has 0 saturated carbocycles. The number of phenols is 1. The van der Waals surface area contributed by atoms with Gasteiger partial charge < -0.3 is 9.84 Å². The number of thioether (sulfide) groups is 1. The molecule has 1 N–H and O–H groups in total. The van der Waals surface area contributed by atoms with Crippen molar-refractivity contribution >= 4 is 22.6 Å². The van der Waals surface area contributed by atoms with Crippen LogP contribution in [0.4, 0.5) is 5.82 Å². The van der Waals surface area contributed by atoms with E-state index in [1.54, 1.807) is 31.0 Å². The highest BCUT2D eigenvalue weighted by Crippen LogP contribution is 2.48. The number of fused-ring (bicyclic) bond motifs is 1. The molecule has 0 spiro atoms. The third kappa shape index (κ3) is 3.32. The quantitative estimate of drug-likeness (QED) is 0.705. The lowest BCUT2D eigenvalue weighted by Crippen LogP contribution is -2.07. The second-order valence-electron chi connectivity index (χ2n) is 6.53. The monoisotopic (exact) mass is 379 g/mol. The largest absolute Gasteiger partial charge is 0.504 e.